The predicted octanol–water partition coefficient (Wildman–Crippen LogP) is 2.15. The molecule has 0 spiro atoms. The van der Waals surface area contributed by atoms with Crippen LogP contribution in [0.25, 0.3) is 0 Å². The summed E-state index contributed by atoms with van der Waals surface area (Å²) in [5, 5.41) is 3.26. The highest BCUT2D eigenvalue weighted by Gasteiger charge is 2.23. The van der Waals surface area contributed by atoms with E-state index in [9.17, 15) is 9.59 Å². The second-order valence-electron chi connectivity index (χ2n) is 5.39. The Kier molecular flexibility index (Phi) is 4.94. The summed E-state index contributed by atoms with van der Waals surface area (Å²) in [4.78, 5) is 28.4. The van der Waals surface area contributed by atoms with Gasteiger partial charge in [0.2, 0.25) is 5.91 Å². The molecule has 1 aromatic rings. The van der Waals surface area contributed by atoms with Crippen molar-refractivity contribution in [3.8, 4) is 0 Å². The van der Waals surface area contributed by atoms with E-state index in [0.29, 0.717) is 12.8 Å². The second-order valence-corrected chi connectivity index (χ2v) is 6.85. The maximum absolute atomic E-state index is 12.2. The molecule has 4 nitrogen and oxygen atoms in total. The number of carbonyl (C=O) groups is 2. The number of aryl methyl sites for hydroxylation is 2. The third-order valence-corrected chi connectivity index (χ3v) is 4.69. The van der Waals surface area contributed by atoms with Gasteiger partial charge in [-0.3, -0.25) is 9.59 Å². The lowest BCUT2D eigenvalue weighted by Gasteiger charge is -2.34. The highest BCUT2D eigenvalue weighted by molar-refractivity contribution is 7.12. The number of hydrogen-bond donors (Lipinski definition) is 1. The van der Waals surface area contributed by atoms with Crippen LogP contribution in [0.15, 0.2) is 6.07 Å². The van der Waals surface area contributed by atoms with E-state index in [0.717, 1.165) is 35.0 Å². The molecule has 20 heavy (non-hydrogen) atoms. The quantitative estimate of drug-likeness (QED) is 0.866. The molecule has 1 aromatic heterocycles. The molecule has 2 rings (SSSR count). The van der Waals surface area contributed by atoms with Crippen molar-refractivity contribution >= 4 is 23.0 Å². The van der Waals surface area contributed by atoms with Crippen LogP contribution >= 0.6 is 11.3 Å². The Labute approximate surface area is 124 Å². The van der Waals surface area contributed by atoms with Crippen LogP contribution in [-0.2, 0) is 4.79 Å². The van der Waals surface area contributed by atoms with Gasteiger partial charge in [0, 0.05) is 53.8 Å². The van der Waals surface area contributed by atoms with Gasteiger partial charge in [-0.1, -0.05) is 0 Å². The van der Waals surface area contributed by atoms with Crippen molar-refractivity contribution in [3.63, 3.8) is 0 Å². The Balaban J connectivity index is 1.90. The van der Waals surface area contributed by atoms with Crippen LogP contribution < -0.4 is 5.32 Å². The first-order chi connectivity index (χ1) is 9.49. The van der Waals surface area contributed by atoms with Gasteiger partial charge in [0.15, 0.2) is 5.78 Å². The summed E-state index contributed by atoms with van der Waals surface area (Å²) >= 11 is 1.64. The monoisotopic (exact) mass is 294 g/mol. The molecular weight excluding hydrogens is 272 g/mol. The minimum absolute atomic E-state index is 0.0861. The minimum Gasteiger partial charge on any atom is -0.337 e. The minimum atomic E-state index is 0.0861. The molecule has 0 radical (unpaired) electrons. The maximum Gasteiger partial charge on any atom is 0.223 e. The zero-order valence-electron chi connectivity index (χ0n) is 12.4. The van der Waals surface area contributed by atoms with Gasteiger partial charge in [-0.05, 0) is 26.8 Å². The van der Waals surface area contributed by atoms with Gasteiger partial charge >= 0.3 is 0 Å². The molecule has 2 heterocycles. The summed E-state index contributed by atoms with van der Waals surface area (Å²) in [6.45, 7) is 8.42. The molecule has 0 aliphatic carbocycles. The number of nitrogens with zero attached hydrogens (tertiary/aromatic N) is 1. The average Bonchev–Trinajstić information content (AvgIpc) is 2.75. The van der Waals surface area contributed by atoms with E-state index < -0.39 is 0 Å². The number of amides is 1. The smallest absolute Gasteiger partial charge is 0.223 e. The molecule has 5 heteroatoms. The lowest BCUT2D eigenvalue weighted by molar-refractivity contribution is -0.133. The van der Waals surface area contributed by atoms with Crippen molar-refractivity contribution in [2.45, 2.75) is 39.7 Å². The van der Waals surface area contributed by atoms with Crippen molar-refractivity contribution in [2.24, 2.45) is 0 Å². The fourth-order valence-electron chi connectivity index (χ4n) is 2.62. The van der Waals surface area contributed by atoms with Crippen LogP contribution in [0.4, 0.5) is 0 Å². The van der Waals surface area contributed by atoms with Crippen molar-refractivity contribution in [3.05, 3.63) is 21.4 Å². The molecule has 0 saturated carbocycles. The van der Waals surface area contributed by atoms with Crippen molar-refractivity contribution in [1.29, 1.82) is 0 Å². The van der Waals surface area contributed by atoms with Crippen molar-refractivity contribution in [1.82, 2.24) is 10.2 Å². The SMILES string of the molecule is Cc1cc(C(=O)CCC(=O)N2CCNC[C@@H]2C)c(C)s1. The summed E-state index contributed by atoms with van der Waals surface area (Å²) in [5.41, 5.74) is 0.786. The number of carbonyl (C=O) groups excluding carboxylic acids is 2. The number of thiophene rings is 1. The fraction of sp³-hybridized carbons (Fsp3) is 0.600. The summed E-state index contributed by atoms with van der Waals surface area (Å²) in [6.07, 6.45) is 0.629. The Morgan fingerprint density at radius 3 is 2.75 bits per heavy atom. The van der Waals surface area contributed by atoms with Gasteiger partial charge in [-0.15, -0.1) is 11.3 Å². The summed E-state index contributed by atoms with van der Waals surface area (Å²) in [6, 6.07) is 2.15. The van der Waals surface area contributed by atoms with E-state index in [1.165, 1.54) is 0 Å². The van der Waals surface area contributed by atoms with E-state index in [4.69, 9.17) is 0 Å². The molecule has 0 bridgehead atoms. The highest BCUT2D eigenvalue weighted by Crippen LogP contribution is 2.22. The normalized spacial score (nSPS) is 19.1. The second kappa shape index (κ2) is 6.50. The van der Waals surface area contributed by atoms with E-state index in [-0.39, 0.29) is 17.7 Å². The summed E-state index contributed by atoms with van der Waals surface area (Å²) < 4.78 is 0. The number of rotatable bonds is 4. The average molecular weight is 294 g/mol. The number of ketones is 1. The van der Waals surface area contributed by atoms with Crippen LogP contribution in [0.2, 0.25) is 0 Å². The summed E-state index contributed by atoms with van der Waals surface area (Å²) in [5.74, 6) is 0.181. The molecule has 1 amide bonds. The van der Waals surface area contributed by atoms with Gasteiger partial charge in [0.25, 0.3) is 0 Å². The van der Waals surface area contributed by atoms with Gasteiger partial charge in [0.1, 0.15) is 0 Å². The van der Waals surface area contributed by atoms with Crippen LogP contribution in [-0.4, -0.2) is 42.3 Å². The van der Waals surface area contributed by atoms with Gasteiger partial charge in [-0.2, -0.15) is 0 Å². The Morgan fingerprint density at radius 2 is 2.15 bits per heavy atom. The van der Waals surface area contributed by atoms with Crippen LogP contribution in [0.1, 0.15) is 39.9 Å². The predicted molar refractivity (Wildman–Crippen MR) is 81.4 cm³/mol. The molecule has 0 unspecified atom stereocenters. The zero-order valence-corrected chi connectivity index (χ0v) is 13.2. The van der Waals surface area contributed by atoms with Crippen LogP contribution in [0.3, 0.4) is 0 Å². The van der Waals surface area contributed by atoms with Crippen molar-refractivity contribution < 1.29 is 9.59 Å². The Bertz CT molecular complexity index is 510. The third-order valence-electron chi connectivity index (χ3n) is 3.73. The molecule has 1 saturated heterocycles. The van der Waals surface area contributed by atoms with Gasteiger partial charge in [-0.25, -0.2) is 0 Å². The number of Topliss-reactive ketones (excluding diaryl/α,β-unsaturated/α-hetero) is 1. The molecule has 1 fully saturated rings. The standard InChI is InChI=1S/C15H22N2O2S/c1-10-9-16-6-7-17(10)15(19)5-4-14(18)13-8-11(2)20-12(13)3/h8,10,16H,4-7,9H2,1-3H3/t10-/m0/s1. The fourth-order valence-corrected chi connectivity index (χ4v) is 3.56. The molecule has 1 N–H and O–H groups in total. The van der Waals surface area contributed by atoms with E-state index in [2.05, 4.69) is 5.32 Å². The summed E-state index contributed by atoms with van der Waals surface area (Å²) in [7, 11) is 0. The van der Waals surface area contributed by atoms with E-state index in [1.54, 1.807) is 11.3 Å². The van der Waals surface area contributed by atoms with Gasteiger partial charge in [0.05, 0.1) is 0 Å². The first-order valence-electron chi connectivity index (χ1n) is 7.09. The lowest BCUT2D eigenvalue weighted by atomic mass is 10.1. The number of nitrogens with one attached hydrogen (secondary N) is 1. The third kappa shape index (κ3) is 3.46. The van der Waals surface area contributed by atoms with E-state index in [1.807, 2.05) is 31.7 Å². The van der Waals surface area contributed by atoms with Crippen LogP contribution in [0.5, 0.6) is 0 Å². The van der Waals surface area contributed by atoms with E-state index >= 15 is 0 Å². The Hall–Kier alpha value is -1.20. The molecule has 1 aliphatic rings. The number of hydrogen-bond acceptors (Lipinski definition) is 4. The maximum atomic E-state index is 12.2. The topological polar surface area (TPSA) is 49.4 Å². The number of piperazine rings is 1. The van der Waals surface area contributed by atoms with Crippen molar-refractivity contribution in [2.75, 3.05) is 19.6 Å². The first kappa shape index (κ1) is 15.2. The van der Waals surface area contributed by atoms with Crippen LogP contribution in [0, 0.1) is 13.8 Å². The molecule has 1 atom stereocenters. The first-order valence-corrected chi connectivity index (χ1v) is 7.91. The largest absolute Gasteiger partial charge is 0.337 e. The molecule has 110 valence electrons. The molecule has 1 aliphatic heterocycles. The lowest BCUT2D eigenvalue weighted by Crippen LogP contribution is -2.52. The molecular formula is C15H22N2O2S. The van der Waals surface area contributed by atoms with Gasteiger partial charge < -0.3 is 10.2 Å². The Morgan fingerprint density at radius 1 is 1.40 bits per heavy atom. The highest BCUT2D eigenvalue weighted by atomic mass is 32.1. The zero-order chi connectivity index (χ0) is 14.7. The molecule has 0 aromatic carbocycles.